The maximum Gasteiger partial charge on any atom is 0.267 e. The maximum atomic E-state index is 12.7. The summed E-state index contributed by atoms with van der Waals surface area (Å²) in [5.74, 6) is 0.552. The van der Waals surface area contributed by atoms with E-state index in [0.29, 0.717) is 12.3 Å². The van der Waals surface area contributed by atoms with Crippen LogP contribution in [0.1, 0.15) is 38.2 Å². The molecule has 2 amide bonds. The number of para-hydroxylation sites is 2. The Balaban J connectivity index is 1.44. The second-order valence-corrected chi connectivity index (χ2v) is 7.32. The minimum absolute atomic E-state index is 0.0250. The molecule has 5 nitrogen and oxygen atoms in total. The van der Waals surface area contributed by atoms with Crippen LogP contribution in [0.25, 0.3) is 0 Å². The molecule has 2 aromatic carbocycles. The molecule has 0 saturated heterocycles. The molecule has 5 heteroatoms. The fraction of sp³-hybridized carbons (Fsp3) is 0.364. The number of fused-ring (bicyclic) bond motifs is 1. The quantitative estimate of drug-likeness (QED) is 0.885. The molecule has 27 heavy (non-hydrogen) atoms. The van der Waals surface area contributed by atoms with Gasteiger partial charge in [0.15, 0.2) is 6.10 Å². The summed E-state index contributed by atoms with van der Waals surface area (Å²) in [7, 11) is 0. The van der Waals surface area contributed by atoms with Gasteiger partial charge in [-0.25, -0.2) is 0 Å². The molecular weight excluding hydrogens is 340 g/mol. The van der Waals surface area contributed by atoms with Crippen LogP contribution in [0.15, 0.2) is 54.6 Å². The summed E-state index contributed by atoms with van der Waals surface area (Å²) in [6, 6.07) is 17.6. The van der Waals surface area contributed by atoms with Gasteiger partial charge in [0.2, 0.25) is 5.91 Å². The van der Waals surface area contributed by atoms with E-state index < -0.39 is 6.10 Å². The lowest BCUT2D eigenvalue weighted by Gasteiger charge is -2.43. The van der Waals surface area contributed by atoms with E-state index in [1.54, 1.807) is 11.8 Å². The van der Waals surface area contributed by atoms with E-state index in [9.17, 15) is 9.59 Å². The zero-order valence-electron chi connectivity index (χ0n) is 15.5. The number of nitrogens with zero attached hydrogens (tertiary/aromatic N) is 1. The van der Waals surface area contributed by atoms with Gasteiger partial charge in [-0.2, -0.15) is 0 Å². The summed E-state index contributed by atoms with van der Waals surface area (Å²) in [5.41, 5.74) is 1.64. The van der Waals surface area contributed by atoms with E-state index in [0.717, 1.165) is 30.5 Å². The molecule has 1 unspecified atom stereocenters. The highest BCUT2D eigenvalue weighted by molar-refractivity contribution is 6.00. The van der Waals surface area contributed by atoms with Gasteiger partial charge in [-0.3, -0.25) is 9.59 Å². The highest BCUT2D eigenvalue weighted by atomic mass is 16.5. The fourth-order valence-corrected chi connectivity index (χ4v) is 3.91. The van der Waals surface area contributed by atoms with Gasteiger partial charge in [-0.1, -0.05) is 42.5 Å². The van der Waals surface area contributed by atoms with E-state index in [1.165, 1.54) is 0 Å². The Morgan fingerprint density at radius 1 is 1.15 bits per heavy atom. The number of hydrogen-bond donors (Lipinski definition) is 1. The standard InChI is InChI=1S/C22H24N2O3/c1-16-21(26)24(18-10-5-6-11-19(18)27-16)15-12-20(25)23-22(13-7-14-22)17-8-3-2-4-9-17/h2-6,8-11,16H,7,12-15H2,1H3,(H,23,25). The van der Waals surface area contributed by atoms with Crippen molar-refractivity contribution < 1.29 is 14.3 Å². The molecule has 0 spiro atoms. The Morgan fingerprint density at radius 2 is 1.85 bits per heavy atom. The van der Waals surface area contributed by atoms with Crippen molar-refractivity contribution in [3.8, 4) is 5.75 Å². The Morgan fingerprint density at radius 3 is 2.56 bits per heavy atom. The molecule has 2 aliphatic rings. The topological polar surface area (TPSA) is 58.6 Å². The molecular formula is C22H24N2O3. The van der Waals surface area contributed by atoms with E-state index in [4.69, 9.17) is 4.74 Å². The first-order valence-corrected chi connectivity index (χ1v) is 9.53. The second kappa shape index (κ2) is 7.06. The average Bonchev–Trinajstić information content (AvgIpc) is 2.66. The Kier molecular flexibility index (Phi) is 4.60. The highest BCUT2D eigenvalue weighted by Crippen LogP contribution is 2.41. The number of nitrogens with one attached hydrogen (secondary N) is 1. The number of amides is 2. The van der Waals surface area contributed by atoms with Gasteiger partial charge in [0.1, 0.15) is 5.75 Å². The highest BCUT2D eigenvalue weighted by Gasteiger charge is 2.40. The number of carbonyl (C=O) groups is 2. The SMILES string of the molecule is CC1Oc2ccccc2N(CCC(=O)NC2(c3ccccc3)CCC2)C1=O. The van der Waals surface area contributed by atoms with Gasteiger partial charge in [-0.15, -0.1) is 0 Å². The third kappa shape index (κ3) is 3.29. The summed E-state index contributed by atoms with van der Waals surface area (Å²) < 4.78 is 5.65. The van der Waals surface area contributed by atoms with Crippen LogP contribution < -0.4 is 15.0 Å². The van der Waals surface area contributed by atoms with Crippen LogP contribution in [0.4, 0.5) is 5.69 Å². The van der Waals surface area contributed by atoms with Crippen molar-refractivity contribution in [2.45, 2.75) is 44.2 Å². The van der Waals surface area contributed by atoms with Crippen LogP contribution in [0, 0.1) is 0 Å². The van der Waals surface area contributed by atoms with Gasteiger partial charge in [0, 0.05) is 13.0 Å². The predicted molar refractivity (Wildman–Crippen MR) is 104 cm³/mol. The fourth-order valence-electron chi connectivity index (χ4n) is 3.91. The van der Waals surface area contributed by atoms with Gasteiger partial charge in [0.25, 0.3) is 5.91 Å². The van der Waals surface area contributed by atoms with Crippen LogP contribution in [0.3, 0.4) is 0 Å². The first-order valence-electron chi connectivity index (χ1n) is 9.53. The van der Waals surface area contributed by atoms with Crippen molar-refractivity contribution in [3.05, 3.63) is 60.2 Å². The third-order valence-electron chi connectivity index (χ3n) is 5.55. The van der Waals surface area contributed by atoms with Crippen molar-refractivity contribution in [1.82, 2.24) is 5.32 Å². The largest absolute Gasteiger partial charge is 0.479 e. The molecule has 0 aromatic heterocycles. The molecule has 4 rings (SSSR count). The van der Waals surface area contributed by atoms with Gasteiger partial charge in [-0.05, 0) is 43.9 Å². The van der Waals surface area contributed by atoms with Crippen molar-refractivity contribution in [3.63, 3.8) is 0 Å². The van der Waals surface area contributed by atoms with Crippen molar-refractivity contribution in [1.29, 1.82) is 0 Å². The Labute approximate surface area is 159 Å². The number of benzene rings is 2. The van der Waals surface area contributed by atoms with E-state index >= 15 is 0 Å². The van der Waals surface area contributed by atoms with Crippen molar-refractivity contribution in [2.75, 3.05) is 11.4 Å². The number of rotatable bonds is 5. The molecule has 1 aliphatic heterocycles. The number of hydrogen-bond acceptors (Lipinski definition) is 3. The van der Waals surface area contributed by atoms with Gasteiger partial charge in [0.05, 0.1) is 11.2 Å². The molecule has 0 radical (unpaired) electrons. The molecule has 0 bridgehead atoms. The molecule has 1 N–H and O–H groups in total. The smallest absolute Gasteiger partial charge is 0.267 e. The predicted octanol–water partition coefficient (Wildman–Crippen LogP) is 3.39. The van der Waals surface area contributed by atoms with E-state index in [-0.39, 0.29) is 23.8 Å². The van der Waals surface area contributed by atoms with Crippen LogP contribution in [0.5, 0.6) is 5.75 Å². The average molecular weight is 364 g/mol. The molecule has 1 aliphatic carbocycles. The second-order valence-electron chi connectivity index (χ2n) is 7.32. The lowest BCUT2D eigenvalue weighted by atomic mass is 9.71. The summed E-state index contributed by atoms with van der Waals surface area (Å²) in [4.78, 5) is 26.9. The summed E-state index contributed by atoms with van der Waals surface area (Å²) in [6.45, 7) is 2.09. The maximum absolute atomic E-state index is 12.7. The van der Waals surface area contributed by atoms with Gasteiger partial charge < -0.3 is 15.0 Å². The first kappa shape index (κ1) is 17.6. The molecule has 1 saturated carbocycles. The molecule has 2 aromatic rings. The normalized spacial score (nSPS) is 20.3. The van der Waals surface area contributed by atoms with Gasteiger partial charge >= 0.3 is 0 Å². The van der Waals surface area contributed by atoms with Crippen LogP contribution in [0.2, 0.25) is 0 Å². The molecule has 140 valence electrons. The Bertz CT molecular complexity index is 846. The molecule has 1 heterocycles. The number of anilines is 1. The molecule has 1 atom stereocenters. The van der Waals surface area contributed by atoms with Crippen LogP contribution in [-0.4, -0.2) is 24.5 Å². The zero-order valence-corrected chi connectivity index (χ0v) is 15.5. The number of carbonyl (C=O) groups excluding carboxylic acids is 2. The summed E-state index contributed by atoms with van der Waals surface area (Å²) in [6.07, 6.45) is 2.76. The minimum atomic E-state index is -0.537. The Hall–Kier alpha value is -2.82. The first-order chi connectivity index (χ1) is 13.1. The van der Waals surface area contributed by atoms with Crippen LogP contribution >= 0.6 is 0 Å². The van der Waals surface area contributed by atoms with Crippen molar-refractivity contribution in [2.24, 2.45) is 0 Å². The molecule has 1 fully saturated rings. The van der Waals surface area contributed by atoms with E-state index in [1.807, 2.05) is 42.5 Å². The van der Waals surface area contributed by atoms with Crippen LogP contribution in [-0.2, 0) is 15.1 Å². The van der Waals surface area contributed by atoms with E-state index in [2.05, 4.69) is 17.4 Å². The third-order valence-corrected chi connectivity index (χ3v) is 5.55. The minimum Gasteiger partial charge on any atom is -0.479 e. The lowest BCUT2D eigenvalue weighted by Crippen LogP contribution is -2.52. The van der Waals surface area contributed by atoms with Crippen molar-refractivity contribution >= 4 is 17.5 Å². The monoisotopic (exact) mass is 364 g/mol. The lowest BCUT2D eigenvalue weighted by molar-refractivity contribution is -0.126. The zero-order chi connectivity index (χ0) is 18.9. The number of ether oxygens (including phenoxy) is 1. The summed E-state index contributed by atoms with van der Waals surface area (Å²) in [5, 5.41) is 3.23. The summed E-state index contributed by atoms with van der Waals surface area (Å²) >= 11 is 0.